The van der Waals surface area contributed by atoms with Crippen molar-refractivity contribution in [3.63, 3.8) is 0 Å². The van der Waals surface area contributed by atoms with Gasteiger partial charge in [0.15, 0.2) is 0 Å². The maximum atomic E-state index is 6.07. The van der Waals surface area contributed by atoms with Crippen LogP contribution in [0.5, 0.6) is 0 Å². The molecule has 0 amide bonds. The van der Waals surface area contributed by atoms with Crippen LogP contribution in [0.3, 0.4) is 0 Å². The van der Waals surface area contributed by atoms with Gasteiger partial charge in [-0.05, 0) is 42.7 Å². The van der Waals surface area contributed by atoms with Crippen molar-refractivity contribution in [1.82, 2.24) is 0 Å². The van der Waals surface area contributed by atoms with Crippen molar-refractivity contribution in [3.05, 3.63) is 68.7 Å². The van der Waals surface area contributed by atoms with Gasteiger partial charge in [0.25, 0.3) is 0 Å². The predicted molar refractivity (Wildman–Crippen MR) is 85.7 cm³/mol. The lowest BCUT2D eigenvalue weighted by Crippen LogP contribution is -1.96. The number of hydrogen-bond acceptors (Lipinski definition) is 0. The zero-order valence-corrected chi connectivity index (χ0v) is 13.9. The fourth-order valence-electron chi connectivity index (χ4n) is 1.92. The summed E-state index contributed by atoms with van der Waals surface area (Å²) in [7, 11) is 0. The fraction of sp³-hybridized carbons (Fsp3) is 0.200. The normalized spacial score (nSPS) is 12.4. The maximum absolute atomic E-state index is 6.07. The second kappa shape index (κ2) is 6.23. The lowest BCUT2D eigenvalue weighted by molar-refractivity contribution is 0.946. The molecule has 0 saturated carbocycles. The van der Waals surface area contributed by atoms with E-state index in [4.69, 9.17) is 11.6 Å². The smallest absolute Gasteiger partial charge is 0.0436 e. The number of rotatable bonds is 3. The lowest BCUT2D eigenvalue weighted by atomic mass is 10.0. The van der Waals surface area contributed by atoms with Crippen molar-refractivity contribution in [1.29, 1.82) is 0 Å². The second-order valence-corrected chi connectivity index (χ2v) is 6.82. The van der Waals surface area contributed by atoms with E-state index < -0.39 is 0 Å². The molecule has 0 aliphatic rings. The van der Waals surface area contributed by atoms with Crippen LogP contribution in [-0.4, -0.2) is 0 Å². The van der Waals surface area contributed by atoms with E-state index in [1.165, 1.54) is 16.7 Å². The molecule has 0 N–H and O–H groups in total. The molecule has 0 aliphatic carbocycles. The molecule has 0 saturated heterocycles. The van der Waals surface area contributed by atoms with Gasteiger partial charge in [0.2, 0.25) is 0 Å². The minimum Gasteiger partial charge on any atom is -0.0843 e. The molecule has 0 spiro atoms. The molecule has 0 nitrogen and oxygen atoms in total. The SMILES string of the molecule is Cc1cccc(CC(Br)c2cc(Cl)cc(Br)c2)c1. The lowest BCUT2D eigenvalue weighted by Gasteiger charge is -2.12. The monoisotopic (exact) mass is 386 g/mol. The summed E-state index contributed by atoms with van der Waals surface area (Å²) in [6.07, 6.45) is 0.953. The van der Waals surface area contributed by atoms with Crippen LogP contribution in [0, 0.1) is 6.92 Å². The highest BCUT2D eigenvalue weighted by Crippen LogP contribution is 2.31. The van der Waals surface area contributed by atoms with Crippen molar-refractivity contribution in [2.24, 2.45) is 0 Å². The van der Waals surface area contributed by atoms with E-state index in [1.54, 1.807) is 0 Å². The first-order valence-corrected chi connectivity index (χ1v) is 7.79. The van der Waals surface area contributed by atoms with Crippen molar-refractivity contribution >= 4 is 43.5 Å². The Morgan fingerprint density at radius 3 is 2.61 bits per heavy atom. The molecular formula is C15H13Br2Cl. The molecule has 0 bridgehead atoms. The number of alkyl halides is 1. The molecule has 18 heavy (non-hydrogen) atoms. The largest absolute Gasteiger partial charge is 0.0843 e. The molecule has 0 radical (unpaired) electrons. The topological polar surface area (TPSA) is 0 Å². The number of aryl methyl sites for hydroxylation is 1. The number of halogens is 3. The first-order valence-electron chi connectivity index (χ1n) is 5.70. The van der Waals surface area contributed by atoms with Crippen LogP contribution < -0.4 is 0 Å². The summed E-state index contributed by atoms with van der Waals surface area (Å²) in [5.74, 6) is 0. The Morgan fingerprint density at radius 2 is 1.94 bits per heavy atom. The third-order valence-corrected chi connectivity index (χ3v) is 4.27. The summed E-state index contributed by atoms with van der Waals surface area (Å²) in [6, 6.07) is 14.6. The summed E-state index contributed by atoms with van der Waals surface area (Å²) in [5, 5.41) is 0.757. The molecule has 3 heteroatoms. The standard InChI is InChI=1S/C15H13Br2Cl/c1-10-3-2-4-11(5-10)6-15(17)12-7-13(16)9-14(18)8-12/h2-5,7-9,15H,6H2,1H3. The summed E-state index contributed by atoms with van der Waals surface area (Å²) < 4.78 is 1.01. The van der Waals surface area contributed by atoms with Crippen LogP contribution in [-0.2, 0) is 6.42 Å². The summed E-state index contributed by atoms with van der Waals surface area (Å²) in [4.78, 5) is 0.272. The van der Waals surface area contributed by atoms with E-state index in [1.807, 2.05) is 12.1 Å². The predicted octanol–water partition coefficient (Wildman–Crippen LogP) is 6.09. The Bertz CT molecular complexity index is 532. The Kier molecular flexibility index (Phi) is 4.88. The molecular weight excluding hydrogens is 375 g/mol. The number of benzene rings is 2. The highest BCUT2D eigenvalue weighted by atomic mass is 79.9. The average molecular weight is 389 g/mol. The molecule has 0 fully saturated rings. The third kappa shape index (κ3) is 3.84. The number of hydrogen-bond donors (Lipinski definition) is 0. The van der Waals surface area contributed by atoms with E-state index in [-0.39, 0.29) is 4.83 Å². The Labute approximate surface area is 130 Å². The van der Waals surface area contributed by atoms with Gasteiger partial charge in [0, 0.05) is 14.3 Å². The van der Waals surface area contributed by atoms with Crippen LogP contribution in [0.25, 0.3) is 0 Å². The second-order valence-electron chi connectivity index (χ2n) is 4.36. The van der Waals surface area contributed by atoms with Gasteiger partial charge in [-0.3, -0.25) is 0 Å². The minimum atomic E-state index is 0.272. The molecule has 2 aromatic carbocycles. The molecule has 94 valence electrons. The van der Waals surface area contributed by atoms with Crippen molar-refractivity contribution in [2.45, 2.75) is 18.2 Å². The molecule has 2 rings (SSSR count). The zero-order chi connectivity index (χ0) is 13.1. The van der Waals surface area contributed by atoms with Crippen LogP contribution in [0.15, 0.2) is 46.9 Å². The molecule has 0 aromatic heterocycles. The van der Waals surface area contributed by atoms with Gasteiger partial charge in [-0.15, -0.1) is 0 Å². The Morgan fingerprint density at radius 1 is 1.17 bits per heavy atom. The first kappa shape index (κ1) is 14.1. The fourth-order valence-corrected chi connectivity index (χ4v) is 3.44. The molecule has 2 aromatic rings. The van der Waals surface area contributed by atoms with Crippen LogP contribution in [0.4, 0.5) is 0 Å². The Balaban J connectivity index is 2.19. The zero-order valence-electron chi connectivity index (χ0n) is 9.96. The molecule has 0 heterocycles. The van der Waals surface area contributed by atoms with Crippen LogP contribution in [0.1, 0.15) is 21.5 Å². The van der Waals surface area contributed by atoms with Gasteiger partial charge in [-0.25, -0.2) is 0 Å². The summed E-state index contributed by atoms with van der Waals surface area (Å²) in [5.41, 5.74) is 3.81. The van der Waals surface area contributed by atoms with E-state index in [2.05, 4.69) is 69.1 Å². The average Bonchev–Trinajstić information content (AvgIpc) is 2.27. The third-order valence-electron chi connectivity index (χ3n) is 2.74. The molecule has 1 atom stereocenters. The molecule has 1 unspecified atom stereocenters. The van der Waals surface area contributed by atoms with Gasteiger partial charge < -0.3 is 0 Å². The van der Waals surface area contributed by atoms with Crippen molar-refractivity contribution in [3.8, 4) is 0 Å². The van der Waals surface area contributed by atoms with Crippen molar-refractivity contribution in [2.75, 3.05) is 0 Å². The van der Waals surface area contributed by atoms with Crippen LogP contribution in [0.2, 0.25) is 5.02 Å². The Hall–Kier alpha value is -0.310. The first-order chi connectivity index (χ1) is 8.54. The van der Waals surface area contributed by atoms with Gasteiger partial charge in [0.05, 0.1) is 0 Å². The summed E-state index contributed by atoms with van der Waals surface area (Å²) >= 11 is 13.3. The summed E-state index contributed by atoms with van der Waals surface area (Å²) in [6.45, 7) is 2.11. The van der Waals surface area contributed by atoms with Crippen molar-refractivity contribution < 1.29 is 0 Å². The highest BCUT2D eigenvalue weighted by molar-refractivity contribution is 9.10. The van der Waals surface area contributed by atoms with Crippen LogP contribution >= 0.6 is 43.5 Å². The van der Waals surface area contributed by atoms with E-state index in [0.717, 1.165) is 15.9 Å². The van der Waals surface area contributed by atoms with Gasteiger partial charge in [-0.1, -0.05) is 73.3 Å². The van der Waals surface area contributed by atoms with E-state index in [9.17, 15) is 0 Å². The van der Waals surface area contributed by atoms with E-state index in [0.29, 0.717) is 0 Å². The highest BCUT2D eigenvalue weighted by Gasteiger charge is 2.10. The minimum absolute atomic E-state index is 0.272. The van der Waals surface area contributed by atoms with Gasteiger partial charge >= 0.3 is 0 Å². The van der Waals surface area contributed by atoms with Gasteiger partial charge in [-0.2, -0.15) is 0 Å². The quantitative estimate of drug-likeness (QED) is 0.558. The maximum Gasteiger partial charge on any atom is 0.0436 e. The van der Waals surface area contributed by atoms with E-state index >= 15 is 0 Å². The van der Waals surface area contributed by atoms with Gasteiger partial charge in [0.1, 0.15) is 0 Å². The molecule has 0 aliphatic heterocycles.